The molecule has 0 aliphatic carbocycles. The van der Waals surface area contributed by atoms with Crippen molar-refractivity contribution in [2.75, 3.05) is 0 Å². The Morgan fingerprint density at radius 2 is 2.14 bits per heavy atom. The van der Waals surface area contributed by atoms with E-state index in [1.807, 2.05) is 0 Å². The summed E-state index contributed by atoms with van der Waals surface area (Å²) in [5.74, 6) is 0. The maximum absolute atomic E-state index is 5.43. The molecular formula is C5H6Cl2. The molecule has 0 nitrogen and oxygen atoms in total. The van der Waals surface area contributed by atoms with Gasteiger partial charge in [-0.25, -0.2) is 0 Å². The first-order valence-electron chi connectivity index (χ1n) is 1.80. The van der Waals surface area contributed by atoms with Crippen LogP contribution in [0.3, 0.4) is 0 Å². The van der Waals surface area contributed by atoms with Gasteiger partial charge in [0.25, 0.3) is 0 Å². The third kappa shape index (κ3) is 2.72. The minimum absolute atomic E-state index is 0.515. The summed E-state index contributed by atoms with van der Waals surface area (Å²) in [7, 11) is 0. The third-order valence-corrected chi connectivity index (χ3v) is 1.27. The van der Waals surface area contributed by atoms with Crippen LogP contribution < -0.4 is 0 Å². The van der Waals surface area contributed by atoms with Crippen LogP contribution in [-0.2, 0) is 0 Å². The summed E-state index contributed by atoms with van der Waals surface area (Å²) >= 11 is 10.6. The smallest absolute Gasteiger partial charge is 0.0542 e. The van der Waals surface area contributed by atoms with E-state index in [1.165, 1.54) is 5.54 Å². The molecule has 0 saturated carbocycles. The van der Waals surface area contributed by atoms with Gasteiger partial charge in [-0.1, -0.05) is 29.8 Å². The van der Waals surface area contributed by atoms with Crippen molar-refractivity contribution in [3.05, 3.63) is 22.7 Å². The molecule has 0 aromatic carbocycles. The highest BCUT2D eigenvalue weighted by atomic mass is 35.5. The lowest BCUT2D eigenvalue weighted by Gasteiger charge is -1.87. The average Bonchev–Trinajstić information content (AvgIpc) is 1.65. The lowest BCUT2D eigenvalue weighted by Crippen LogP contribution is -1.65. The first-order valence-corrected chi connectivity index (χ1v) is 2.61. The molecular weight excluding hydrogens is 131 g/mol. The van der Waals surface area contributed by atoms with Gasteiger partial charge in [0.1, 0.15) is 0 Å². The minimum atomic E-state index is 0.515. The van der Waals surface area contributed by atoms with E-state index in [4.69, 9.17) is 23.2 Å². The third-order valence-electron chi connectivity index (χ3n) is 0.503. The Balaban J connectivity index is 3.82. The van der Waals surface area contributed by atoms with Gasteiger partial charge in [-0.3, -0.25) is 0 Å². The Kier molecular flexibility index (Phi) is 3.14. The molecule has 0 heterocycles. The quantitative estimate of drug-likeness (QED) is 0.487. The Bertz CT molecular complexity index is 103. The topological polar surface area (TPSA) is 0 Å². The summed E-state index contributed by atoms with van der Waals surface area (Å²) in [5, 5.41) is 0.515. The molecule has 0 N–H and O–H groups in total. The molecule has 0 unspecified atom stereocenters. The van der Waals surface area contributed by atoms with E-state index in [0.29, 0.717) is 5.03 Å². The Hall–Kier alpha value is 0.0600. The molecule has 7 heavy (non-hydrogen) atoms. The Morgan fingerprint density at radius 1 is 1.71 bits per heavy atom. The van der Waals surface area contributed by atoms with E-state index < -0.39 is 0 Å². The van der Waals surface area contributed by atoms with Crippen molar-refractivity contribution in [3.63, 3.8) is 0 Å². The zero-order valence-electron chi connectivity index (χ0n) is 4.04. The van der Waals surface area contributed by atoms with Crippen LogP contribution in [0.2, 0.25) is 0 Å². The number of allylic oxidation sites excluding steroid dienone is 2. The summed E-state index contributed by atoms with van der Waals surface area (Å²) in [6.07, 6.45) is 0. The average molecular weight is 137 g/mol. The van der Waals surface area contributed by atoms with Gasteiger partial charge in [0.15, 0.2) is 0 Å². The van der Waals surface area contributed by atoms with Crippen LogP contribution in [0.15, 0.2) is 22.7 Å². The molecule has 0 atom stereocenters. The highest BCUT2D eigenvalue weighted by Gasteiger charge is 1.86. The molecule has 2 heteroatoms. The maximum atomic E-state index is 5.43. The van der Waals surface area contributed by atoms with E-state index in [0.717, 1.165) is 5.57 Å². The predicted octanol–water partition coefficient (Wildman–Crippen LogP) is 2.88. The van der Waals surface area contributed by atoms with E-state index in [2.05, 4.69) is 6.58 Å². The fourth-order valence-corrected chi connectivity index (χ4v) is 0.279. The van der Waals surface area contributed by atoms with Crippen LogP contribution >= 0.6 is 23.2 Å². The lowest BCUT2D eigenvalue weighted by atomic mass is 10.3. The van der Waals surface area contributed by atoms with Crippen LogP contribution in [0.5, 0.6) is 0 Å². The molecule has 0 aromatic heterocycles. The van der Waals surface area contributed by atoms with Gasteiger partial charge < -0.3 is 0 Å². The Morgan fingerprint density at radius 3 is 2.14 bits per heavy atom. The molecule has 0 aromatic rings. The molecule has 0 radical (unpaired) electrons. The molecule has 0 saturated heterocycles. The van der Waals surface area contributed by atoms with Crippen LogP contribution in [0.1, 0.15) is 6.92 Å². The van der Waals surface area contributed by atoms with Gasteiger partial charge in [0.05, 0.1) is 5.03 Å². The van der Waals surface area contributed by atoms with Crippen LogP contribution in [0.25, 0.3) is 0 Å². The van der Waals surface area contributed by atoms with Crippen LogP contribution in [0, 0.1) is 0 Å². The Labute approximate surface area is 53.4 Å². The highest BCUT2D eigenvalue weighted by molar-refractivity contribution is 6.38. The summed E-state index contributed by atoms with van der Waals surface area (Å²) in [6.45, 7) is 5.33. The van der Waals surface area contributed by atoms with E-state index in [-0.39, 0.29) is 0 Å². The van der Waals surface area contributed by atoms with Gasteiger partial charge in [-0.2, -0.15) is 0 Å². The normalized spacial score (nSPS) is 11.6. The fourth-order valence-electron chi connectivity index (χ4n) is 0.0931. The van der Waals surface area contributed by atoms with Crippen molar-refractivity contribution in [2.45, 2.75) is 6.92 Å². The zero-order valence-corrected chi connectivity index (χ0v) is 5.55. The standard InChI is InChI=1S/C5H6Cl2/c1-4(2)5(7)3-6/h3H,1H2,2H3/b5-3-. The summed E-state index contributed by atoms with van der Waals surface area (Å²) in [6, 6.07) is 0. The predicted molar refractivity (Wildman–Crippen MR) is 34.6 cm³/mol. The van der Waals surface area contributed by atoms with Crippen molar-refractivity contribution < 1.29 is 0 Å². The molecule has 0 rings (SSSR count). The van der Waals surface area contributed by atoms with E-state index >= 15 is 0 Å². The van der Waals surface area contributed by atoms with Crippen molar-refractivity contribution in [1.29, 1.82) is 0 Å². The molecule has 0 amide bonds. The maximum Gasteiger partial charge on any atom is 0.0542 e. The molecule has 0 fully saturated rings. The number of rotatable bonds is 1. The van der Waals surface area contributed by atoms with Gasteiger partial charge in [-0.15, -0.1) is 0 Å². The summed E-state index contributed by atoms with van der Waals surface area (Å²) < 4.78 is 0. The number of hydrogen-bond acceptors (Lipinski definition) is 0. The SMILES string of the molecule is C=C(C)/C(Cl)=C/Cl. The summed E-state index contributed by atoms with van der Waals surface area (Å²) in [5.41, 5.74) is 2.08. The zero-order chi connectivity index (χ0) is 5.86. The van der Waals surface area contributed by atoms with Crippen molar-refractivity contribution in [2.24, 2.45) is 0 Å². The van der Waals surface area contributed by atoms with E-state index in [1.54, 1.807) is 6.92 Å². The molecule has 0 spiro atoms. The fraction of sp³-hybridized carbons (Fsp3) is 0.200. The second-order valence-corrected chi connectivity index (χ2v) is 1.86. The first-order chi connectivity index (χ1) is 3.18. The number of hydrogen-bond donors (Lipinski definition) is 0. The second-order valence-electron chi connectivity index (χ2n) is 1.24. The molecule has 40 valence electrons. The molecule has 0 bridgehead atoms. The van der Waals surface area contributed by atoms with Crippen LogP contribution in [-0.4, -0.2) is 0 Å². The summed E-state index contributed by atoms with van der Waals surface area (Å²) in [4.78, 5) is 0. The highest BCUT2D eigenvalue weighted by Crippen LogP contribution is 2.11. The largest absolute Gasteiger partial charge is 0.0946 e. The van der Waals surface area contributed by atoms with Crippen LogP contribution in [0.4, 0.5) is 0 Å². The van der Waals surface area contributed by atoms with Gasteiger partial charge in [0.2, 0.25) is 0 Å². The lowest BCUT2D eigenvalue weighted by molar-refractivity contribution is 1.54. The molecule has 0 aliphatic rings. The number of halogens is 2. The first kappa shape index (κ1) is 7.06. The van der Waals surface area contributed by atoms with Gasteiger partial charge in [-0.05, 0) is 12.5 Å². The molecule has 0 aliphatic heterocycles. The van der Waals surface area contributed by atoms with E-state index in [9.17, 15) is 0 Å². The van der Waals surface area contributed by atoms with Crippen molar-refractivity contribution in [1.82, 2.24) is 0 Å². The monoisotopic (exact) mass is 136 g/mol. The van der Waals surface area contributed by atoms with Gasteiger partial charge >= 0.3 is 0 Å². The van der Waals surface area contributed by atoms with Crippen molar-refractivity contribution >= 4 is 23.2 Å². The van der Waals surface area contributed by atoms with Crippen molar-refractivity contribution in [3.8, 4) is 0 Å². The minimum Gasteiger partial charge on any atom is -0.0946 e. The van der Waals surface area contributed by atoms with Gasteiger partial charge in [0, 0.05) is 5.54 Å². The second kappa shape index (κ2) is 3.11.